The zero-order valence-corrected chi connectivity index (χ0v) is 11.2. The molecule has 0 unspecified atom stereocenters. The zero-order chi connectivity index (χ0) is 12.7. The third kappa shape index (κ3) is 5.38. The van der Waals surface area contributed by atoms with E-state index < -0.39 is 5.97 Å². The Balaban J connectivity index is 2.26. The molecule has 1 rings (SSSR count). The average molecular weight is 238 g/mol. The maximum atomic E-state index is 10.7. The quantitative estimate of drug-likeness (QED) is 0.550. The fourth-order valence-corrected chi connectivity index (χ4v) is 2.75. The minimum absolute atomic E-state index is 0.508. The highest BCUT2D eigenvalue weighted by Crippen LogP contribution is 2.33. The van der Waals surface area contributed by atoms with Crippen molar-refractivity contribution in [3.8, 4) is 0 Å². The molecule has 1 aliphatic rings. The molecule has 2 heteroatoms. The normalized spacial score (nSPS) is 25.9. The van der Waals surface area contributed by atoms with Crippen molar-refractivity contribution in [2.24, 2.45) is 11.8 Å². The first-order valence-electron chi connectivity index (χ1n) is 7.05. The molecule has 0 spiro atoms. The fraction of sp³-hybridized carbons (Fsp3) is 0.800. The lowest BCUT2D eigenvalue weighted by atomic mass is 9.79. The van der Waals surface area contributed by atoms with E-state index in [9.17, 15) is 4.79 Å². The second-order valence-electron chi connectivity index (χ2n) is 5.43. The number of carboxylic acid groups (broad SMARTS) is 1. The van der Waals surface area contributed by atoms with Gasteiger partial charge in [-0.05, 0) is 44.4 Å². The first-order chi connectivity index (χ1) is 8.13. The van der Waals surface area contributed by atoms with Crippen LogP contribution in [0, 0.1) is 11.8 Å². The van der Waals surface area contributed by atoms with E-state index in [1.165, 1.54) is 51.4 Å². The van der Waals surface area contributed by atoms with E-state index in [-0.39, 0.29) is 0 Å². The molecule has 0 aliphatic heterocycles. The van der Waals surface area contributed by atoms with Crippen LogP contribution in [0.4, 0.5) is 0 Å². The molecule has 0 bridgehead atoms. The molecule has 1 N–H and O–H groups in total. The minimum Gasteiger partial charge on any atom is -0.478 e. The maximum absolute atomic E-state index is 10.7. The van der Waals surface area contributed by atoms with Crippen LogP contribution >= 0.6 is 0 Å². The monoisotopic (exact) mass is 238 g/mol. The second-order valence-corrected chi connectivity index (χ2v) is 5.43. The van der Waals surface area contributed by atoms with Gasteiger partial charge in [0.05, 0.1) is 0 Å². The van der Waals surface area contributed by atoms with Crippen LogP contribution in [-0.4, -0.2) is 11.1 Å². The third-order valence-electron chi connectivity index (χ3n) is 3.93. The van der Waals surface area contributed by atoms with Gasteiger partial charge in [-0.3, -0.25) is 0 Å². The van der Waals surface area contributed by atoms with Crippen LogP contribution in [0.3, 0.4) is 0 Å². The number of carbonyl (C=O) groups is 1. The van der Waals surface area contributed by atoms with Gasteiger partial charge in [-0.25, -0.2) is 4.79 Å². The minimum atomic E-state index is -0.768. The van der Waals surface area contributed by atoms with Gasteiger partial charge in [0.25, 0.3) is 0 Å². The van der Waals surface area contributed by atoms with Gasteiger partial charge < -0.3 is 5.11 Å². The van der Waals surface area contributed by atoms with E-state index in [0.717, 1.165) is 5.92 Å². The summed E-state index contributed by atoms with van der Waals surface area (Å²) in [5, 5.41) is 8.84. The van der Waals surface area contributed by atoms with Gasteiger partial charge in [0.1, 0.15) is 0 Å². The number of carboxylic acids is 1. The molecular formula is C15H26O2. The maximum Gasteiger partial charge on any atom is 0.330 e. The molecule has 0 amide bonds. The summed E-state index contributed by atoms with van der Waals surface area (Å²) in [7, 11) is 0. The van der Waals surface area contributed by atoms with Gasteiger partial charge in [0.15, 0.2) is 0 Å². The van der Waals surface area contributed by atoms with Crippen molar-refractivity contribution in [2.75, 3.05) is 0 Å². The van der Waals surface area contributed by atoms with E-state index in [1.54, 1.807) is 6.92 Å². The van der Waals surface area contributed by atoms with Crippen LogP contribution in [0.1, 0.15) is 65.2 Å². The molecule has 0 heterocycles. The highest BCUT2D eigenvalue weighted by atomic mass is 16.4. The topological polar surface area (TPSA) is 37.3 Å². The number of rotatable bonds is 6. The zero-order valence-electron chi connectivity index (χ0n) is 11.2. The number of hydrogen-bond donors (Lipinski definition) is 1. The molecule has 17 heavy (non-hydrogen) atoms. The molecule has 0 atom stereocenters. The first kappa shape index (κ1) is 14.3. The van der Waals surface area contributed by atoms with Crippen molar-refractivity contribution < 1.29 is 9.90 Å². The Kier molecular flexibility index (Phi) is 6.31. The smallest absolute Gasteiger partial charge is 0.330 e. The van der Waals surface area contributed by atoms with Crippen molar-refractivity contribution in [3.63, 3.8) is 0 Å². The summed E-state index contributed by atoms with van der Waals surface area (Å²) in [6.07, 6.45) is 12.3. The molecule has 0 aromatic rings. The van der Waals surface area contributed by atoms with Gasteiger partial charge in [0.2, 0.25) is 0 Å². The number of allylic oxidation sites excluding steroid dienone is 1. The molecule has 1 fully saturated rings. The predicted molar refractivity (Wildman–Crippen MR) is 71.0 cm³/mol. The summed E-state index contributed by atoms with van der Waals surface area (Å²) in [4.78, 5) is 10.7. The van der Waals surface area contributed by atoms with Gasteiger partial charge in [-0.2, -0.15) is 0 Å². The van der Waals surface area contributed by atoms with Crippen LogP contribution in [0.2, 0.25) is 0 Å². The van der Waals surface area contributed by atoms with E-state index in [2.05, 4.69) is 6.92 Å². The van der Waals surface area contributed by atoms with Crippen LogP contribution in [-0.2, 0) is 4.79 Å². The van der Waals surface area contributed by atoms with Crippen molar-refractivity contribution in [3.05, 3.63) is 11.6 Å². The molecule has 0 aromatic heterocycles. The highest BCUT2D eigenvalue weighted by molar-refractivity contribution is 5.85. The molecule has 0 saturated heterocycles. The van der Waals surface area contributed by atoms with Gasteiger partial charge in [0, 0.05) is 5.57 Å². The summed E-state index contributed by atoms with van der Waals surface area (Å²) in [6, 6.07) is 0. The Bertz CT molecular complexity index is 260. The predicted octanol–water partition coefficient (Wildman–Crippen LogP) is 4.40. The number of aliphatic carboxylic acids is 1. The summed E-state index contributed by atoms with van der Waals surface area (Å²) >= 11 is 0. The lowest BCUT2D eigenvalue weighted by Crippen LogP contribution is -2.14. The summed E-state index contributed by atoms with van der Waals surface area (Å²) in [6.45, 7) is 3.95. The van der Waals surface area contributed by atoms with Crippen molar-refractivity contribution in [2.45, 2.75) is 65.2 Å². The van der Waals surface area contributed by atoms with Gasteiger partial charge in [-0.15, -0.1) is 0 Å². The van der Waals surface area contributed by atoms with Crippen LogP contribution < -0.4 is 0 Å². The lowest BCUT2D eigenvalue weighted by molar-refractivity contribution is -0.132. The standard InChI is InChI=1S/C15H26O2/c1-3-4-5-6-13-7-9-14(10-8-13)11-12(2)15(16)17/h11,13-14H,3-10H2,1-2H3,(H,16,17)/b12-11+. The van der Waals surface area contributed by atoms with Crippen LogP contribution in [0.15, 0.2) is 11.6 Å². The van der Waals surface area contributed by atoms with Crippen molar-refractivity contribution in [1.29, 1.82) is 0 Å². The van der Waals surface area contributed by atoms with E-state index >= 15 is 0 Å². The Hall–Kier alpha value is -0.790. The number of hydrogen-bond acceptors (Lipinski definition) is 1. The molecule has 1 aliphatic carbocycles. The van der Waals surface area contributed by atoms with Gasteiger partial charge >= 0.3 is 5.97 Å². The molecular weight excluding hydrogens is 212 g/mol. The van der Waals surface area contributed by atoms with Crippen molar-refractivity contribution >= 4 is 5.97 Å². The Morgan fingerprint density at radius 2 is 1.88 bits per heavy atom. The summed E-state index contributed by atoms with van der Waals surface area (Å²) in [5.41, 5.74) is 0.513. The van der Waals surface area contributed by atoms with Crippen LogP contribution in [0.5, 0.6) is 0 Å². The summed E-state index contributed by atoms with van der Waals surface area (Å²) < 4.78 is 0. The highest BCUT2D eigenvalue weighted by Gasteiger charge is 2.20. The Labute approximate surface area is 105 Å². The van der Waals surface area contributed by atoms with E-state index in [4.69, 9.17) is 5.11 Å². The second kappa shape index (κ2) is 7.52. The number of unbranched alkanes of at least 4 members (excludes halogenated alkanes) is 2. The molecule has 2 nitrogen and oxygen atoms in total. The van der Waals surface area contributed by atoms with Crippen molar-refractivity contribution in [1.82, 2.24) is 0 Å². The molecule has 98 valence electrons. The third-order valence-corrected chi connectivity index (χ3v) is 3.93. The fourth-order valence-electron chi connectivity index (χ4n) is 2.75. The molecule has 1 saturated carbocycles. The first-order valence-corrected chi connectivity index (χ1v) is 7.05. The lowest BCUT2D eigenvalue weighted by Gasteiger charge is -2.27. The Morgan fingerprint density at radius 1 is 1.24 bits per heavy atom. The SMILES string of the molecule is CCCCCC1CCC(/C=C(\C)C(=O)O)CC1. The van der Waals surface area contributed by atoms with E-state index in [0.29, 0.717) is 11.5 Å². The van der Waals surface area contributed by atoms with Crippen LogP contribution in [0.25, 0.3) is 0 Å². The van der Waals surface area contributed by atoms with E-state index in [1.807, 2.05) is 6.08 Å². The molecule has 0 aromatic carbocycles. The van der Waals surface area contributed by atoms with Gasteiger partial charge in [-0.1, -0.05) is 38.7 Å². The largest absolute Gasteiger partial charge is 0.478 e. The Morgan fingerprint density at radius 3 is 2.41 bits per heavy atom. The average Bonchev–Trinajstić information content (AvgIpc) is 2.31. The summed E-state index contributed by atoms with van der Waals surface area (Å²) in [5.74, 6) is 0.639. The molecule has 0 radical (unpaired) electrons.